The van der Waals surface area contributed by atoms with Crippen LogP contribution < -0.4 is 5.32 Å². The summed E-state index contributed by atoms with van der Waals surface area (Å²) in [6.07, 6.45) is 0.404. The normalized spacial score (nSPS) is 13.9. The number of rotatable bonds is 4. The minimum absolute atomic E-state index is 0.0311. The minimum Gasteiger partial charge on any atom is -0.480 e. The van der Waals surface area contributed by atoms with Crippen molar-refractivity contribution < 1.29 is 19.4 Å². The molecule has 0 aromatic heterocycles. The first-order valence-corrected chi connectivity index (χ1v) is 6.13. The number of ether oxygens (including phenoxy) is 1. The van der Waals surface area contributed by atoms with Crippen LogP contribution in [0, 0.1) is 5.41 Å². The first kappa shape index (κ1) is 16.7. The van der Waals surface area contributed by atoms with E-state index in [4.69, 9.17) is 9.84 Å². The van der Waals surface area contributed by atoms with Crippen molar-refractivity contribution in [2.24, 2.45) is 5.41 Å². The minimum atomic E-state index is -1.04. The molecule has 5 nitrogen and oxygen atoms in total. The molecule has 0 rings (SSSR count). The summed E-state index contributed by atoms with van der Waals surface area (Å²) in [7, 11) is 0. The summed E-state index contributed by atoms with van der Waals surface area (Å²) >= 11 is 0. The van der Waals surface area contributed by atoms with Gasteiger partial charge in [0.05, 0.1) is 0 Å². The van der Waals surface area contributed by atoms with E-state index in [9.17, 15) is 9.59 Å². The largest absolute Gasteiger partial charge is 0.480 e. The molecule has 0 unspecified atom stereocenters. The van der Waals surface area contributed by atoms with Gasteiger partial charge >= 0.3 is 12.1 Å². The molecule has 1 amide bonds. The van der Waals surface area contributed by atoms with Crippen molar-refractivity contribution in [3.63, 3.8) is 0 Å². The van der Waals surface area contributed by atoms with Gasteiger partial charge in [-0.2, -0.15) is 0 Å². The van der Waals surface area contributed by atoms with Crippen LogP contribution in [0.3, 0.4) is 0 Å². The van der Waals surface area contributed by atoms with E-state index in [0.717, 1.165) is 0 Å². The summed E-state index contributed by atoms with van der Waals surface area (Å²) in [6, 6.07) is -0.904. The highest BCUT2D eigenvalue weighted by Crippen LogP contribution is 2.21. The summed E-state index contributed by atoms with van der Waals surface area (Å²) in [5.74, 6) is -1.04. The lowest BCUT2D eigenvalue weighted by Gasteiger charge is -2.24. The van der Waals surface area contributed by atoms with Gasteiger partial charge in [-0.25, -0.2) is 9.59 Å². The quantitative estimate of drug-likeness (QED) is 0.814. The van der Waals surface area contributed by atoms with Gasteiger partial charge in [0.25, 0.3) is 0 Å². The Balaban J connectivity index is 4.37. The number of hydrogen-bond acceptors (Lipinski definition) is 3. The van der Waals surface area contributed by atoms with Crippen LogP contribution in [0.2, 0.25) is 0 Å². The maximum absolute atomic E-state index is 11.5. The number of nitrogens with one attached hydrogen (secondary N) is 1. The van der Waals surface area contributed by atoms with Gasteiger partial charge in [-0.05, 0) is 39.0 Å². The fraction of sp³-hybridized carbons (Fsp3) is 0.846. The van der Waals surface area contributed by atoms with Crippen LogP contribution >= 0.6 is 0 Å². The van der Waals surface area contributed by atoms with Gasteiger partial charge in [-0.3, -0.25) is 0 Å². The van der Waals surface area contributed by atoms with Gasteiger partial charge in [-0.15, -0.1) is 0 Å². The van der Waals surface area contributed by atoms with Gasteiger partial charge in [-0.1, -0.05) is 20.8 Å². The van der Waals surface area contributed by atoms with Crippen LogP contribution in [0.5, 0.6) is 0 Å². The van der Waals surface area contributed by atoms with Crippen LogP contribution in [-0.2, 0) is 9.53 Å². The molecular formula is C13H25NO4. The Kier molecular flexibility index (Phi) is 5.64. The van der Waals surface area contributed by atoms with E-state index in [1.807, 2.05) is 20.8 Å². The number of carbonyl (C=O) groups excluding carboxylic acids is 1. The van der Waals surface area contributed by atoms with Gasteiger partial charge in [0.1, 0.15) is 11.6 Å². The van der Waals surface area contributed by atoms with Crippen LogP contribution in [0.1, 0.15) is 54.4 Å². The number of alkyl carbamates (subject to hydrolysis) is 1. The standard InChI is InChI=1S/C13H25NO4/c1-12(2,3)8-7-9(10(15)16)14-11(17)18-13(4,5)6/h9H,7-8H2,1-6H3,(H,14,17)(H,15,16)/t9-/m1/s1. The molecule has 0 aromatic carbocycles. The maximum Gasteiger partial charge on any atom is 0.408 e. The van der Waals surface area contributed by atoms with E-state index in [1.165, 1.54) is 0 Å². The molecule has 0 aliphatic heterocycles. The lowest BCUT2D eigenvalue weighted by atomic mass is 9.89. The van der Waals surface area contributed by atoms with E-state index in [0.29, 0.717) is 12.8 Å². The van der Waals surface area contributed by atoms with E-state index in [-0.39, 0.29) is 5.41 Å². The zero-order valence-electron chi connectivity index (χ0n) is 12.2. The highest BCUT2D eigenvalue weighted by Gasteiger charge is 2.25. The van der Waals surface area contributed by atoms with E-state index in [1.54, 1.807) is 20.8 Å². The summed E-state index contributed by atoms with van der Waals surface area (Å²) < 4.78 is 5.04. The molecule has 0 radical (unpaired) electrons. The zero-order valence-corrected chi connectivity index (χ0v) is 12.2. The third-order valence-corrected chi connectivity index (χ3v) is 2.17. The Labute approximate surface area is 109 Å². The SMILES string of the molecule is CC(C)(C)CC[C@@H](NC(=O)OC(C)(C)C)C(=O)O. The summed E-state index contributed by atoms with van der Waals surface area (Å²) in [5, 5.41) is 11.4. The maximum atomic E-state index is 11.5. The molecule has 0 saturated heterocycles. The molecule has 0 aromatic rings. The molecule has 0 fully saturated rings. The summed E-state index contributed by atoms with van der Waals surface area (Å²) in [4.78, 5) is 22.5. The monoisotopic (exact) mass is 259 g/mol. The molecule has 106 valence electrons. The average Bonchev–Trinajstić information content (AvgIpc) is 2.06. The third kappa shape index (κ3) is 8.84. The molecule has 0 spiro atoms. The van der Waals surface area contributed by atoms with Gasteiger partial charge < -0.3 is 15.2 Å². The Bertz CT molecular complexity index is 299. The van der Waals surface area contributed by atoms with Crippen LogP contribution in [0.4, 0.5) is 4.79 Å². The second-order valence-corrected chi connectivity index (χ2v) is 6.64. The van der Waals surface area contributed by atoms with E-state index in [2.05, 4.69) is 5.32 Å². The highest BCUT2D eigenvalue weighted by atomic mass is 16.6. The molecule has 0 heterocycles. The molecule has 5 heteroatoms. The highest BCUT2D eigenvalue weighted by molar-refractivity contribution is 5.79. The lowest BCUT2D eigenvalue weighted by Crippen LogP contribution is -2.43. The smallest absolute Gasteiger partial charge is 0.408 e. The van der Waals surface area contributed by atoms with Crippen LogP contribution in [-0.4, -0.2) is 28.8 Å². The van der Waals surface area contributed by atoms with Crippen molar-refractivity contribution in [1.29, 1.82) is 0 Å². The Morgan fingerprint density at radius 2 is 1.67 bits per heavy atom. The van der Waals surface area contributed by atoms with E-state index < -0.39 is 23.7 Å². The molecule has 0 aliphatic carbocycles. The number of carboxylic acids is 1. The Morgan fingerprint density at radius 3 is 2.00 bits per heavy atom. The van der Waals surface area contributed by atoms with Crippen molar-refractivity contribution >= 4 is 12.1 Å². The van der Waals surface area contributed by atoms with Gasteiger partial charge in [0, 0.05) is 0 Å². The second kappa shape index (κ2) is 6.07. The van der Waals surface area contributed by atoms with Crippen LogP contribution in [0.25, 0.3) is 0 Å². The molecule has 18 heavy (non-hydrogen) atoms. The zero-order chi connectivity index (χ0) is 14.6. The topological polar surface area (TPSA) is 75.6 Å². The van der Waals surface area contributed by atoms with Crippen molar-refractivity contribution in [1.82, 2.24) is 5.32 Å². The molecule has 0 bridgehead atoms. The summed E-state index contributed by atoms with van der Waals surface area (Å²) in [5.41, 5.74) is -0.597. The molecule has 1 atom stereocenters. The molecule has 0 saturated carbocycles. The number of aliphatic carboxylic acids is 1. The third-order valence-electron chi connectivity index (χ3n) is 2.17. The van der Waals surface area contributed by atoms with Crippen molar-refractivity contribution in [2.45, 2.75) is 66.0 Å². The van der Waals surface area contributed by atoms with Crippen molar-refractivity contribution in [3.8, 4) is 0 Å². The number of carbonyl (C=O) groups is 2. The predicted molar refractivity (Wildman–Crippen MR) is 69.5 cm³/mol. The first-order valence-electron chi connectivity index (χ1n) is 6.13. The van der Waals surface area contributed by atoms with Gasteiger partial charge in [0.15, 0.2) is 0 Å². The van der Waals surface area contributed by atoms with Crippen LogP contribution in [0.15, 0.2) is 0 Å². The molecule has 2 N–H and O–H groups in total. The fourth-order valence-corrected chi connectivity index (χ4v) is 1.28. The number of amides is 1. The van der Waals surface area contributed by atoms with E-state index >= 15 is 0 Å². The Morgan fingerprint density at radius 1 is 1.17 bits per heavy atom. The van der Waals surface area contributed by atoms with Gasteiger partial charge in [0.2, 0.25) is 0 Å². The molecule has 0 aliphatic rings. The fourth-order valence-electron chi connectivity index (χ4n) is 1.28. The van der Waals surface area contributed by atoms with Crippen molar-refractivity contribution in [3.05, 3.63) is 0 Å². The number of hydrogen-bond donors (Lipinski definition) is 2. The Hall–Kier alpha value is -1.26. The molecular weight excluding hydrogens is 234 g/mol. The second-order valence-electron chi connectivity index (χ2n) is 6.64. The average molecular weight is 259 g/mol. The number of carboxylic acid groups (broad SMARTS) is 1. The summed E-state index contributed by atoms with van der Waals surface area (Å²) in [6.45, 7) is 11.3. The first-order chi connectivity index (χ1) is 7.91. The predicted octanol–water partition coefficient (Wildman–Crippen LogP) is 2.79. The lowest BCUT2D eigenvalue weighted by molar-refractivity contribution is -0.139. The van der Waals surface area contributed by atoms with Crippen molar-refractivity contribution in [2.75, 3.05) is 0 Å².